The molecule has 0 N–H and O–H groups in total. The van der Waals surface area contributed by atoms with Gasteiger partial charge in [0.2, 0.25) is 0 Å². The zero-order valence-corrected chi connectivity index (χ0v) is 31.4. The minimum Gasteiger partial charge on any atom is -0.228 e. The third-order valence-corrected chi connectivity index (χ3v) is 10.4. The second-order valence-corrected chi connectivity index (χ2v) is 14.1. The van der Waals surface area contributed by atoms with Gasteiger partial charge in [-0.3, -0.25) is 0 Å². The third-order valence-electron chi connectivity index (χ3n) is 10.4. The fraction of sp³-hybridized carbons (Fsp3) is 0. The van der Waals surface area contributed by atoms with Crippen molar-refractivity contribution in [1.82, 2.24) is 24.9 Å². The van der Waals surface area contributed by atoms with Crippen LogP contribution in [0.25, 0.3) is 101 Å². The highest BCUT2D eigenvalue weighted by Crippen LogP contribution is 2.38. The number of hydrogen-bond acceptors (Lipinski definition) is 5. The van der Waals surface area contributed by atoms with Crippen LogP contribution < -0.4 is 0 Å². The maximum absolute atomic E-state index is 5.05. The van der Waals surface area contributed by atoms with Crippen LogP contribution in [0.2, 0.25) is 0 Å². The Kier molecular flexibility index (Phi) is 9.14. The van der Waals surface area contributed by atoms with Gasteiger partial charge in [0.15, 0.2) is 23.3 Å². The molecule has 0 spiro atoms. The lowest BCUT2D eigenvalue weighted by atomic mass is 9.91. The molecule has 5 heteroatoms. The Morgan fingerprint density at radius 1 is 0.224 bits per heavy atom. The van der Waals surface area contributed by atoms with Gasteiger partial charge < -0.3 is 0 Å². The van der Waals surface area contributed by atoms with E-state index >= 15 is 0 Å². The summed E-state index contributed by atoms with van der Waals surface area (Å²) in [4.78, 5) is 24.9. The number of aromatic nitrogens is 5. The Bertz CT molecular complexity index is 2690. The summed E-state index contributed by atoms with van der Waals surface area (Å²) < 4.78 is 0. The number of fused-ring (bicyclic) bond motifs is 1. The Balaban J connectivity index is 1.01. The van der Waals surface area contributed by atoms with Crippen molar-refractivity contribution in [1.29, 1.82) is 0 Å². The molecule has 58 heavy (non-hydrogen) atoms. The van der Waals surface area contributed by atoms with Gasteiger partial charge in [-0.25, -0.2) is 24.9 Å². The van der Waals surface area contributed by atoms with Crippen LogP contribution >= 0.6 is 0 Å². The molecule has 0 atom stereocenters. The second-order valence-electron chi connectivity index (χ2n) is 14.1. The fourth-order valence-corrected chi connectivity index (χ4v) is 7.45. The average molecular weight is 742 g/mol. The molecule has 5 nitrogen and oxygen atoms in total. The van der Waals surface area contributed by atoms with Gasteiger partial charge >= 0.3 is 0 Å². The third kappa shape index (κ3) is 6.93. The van der Waals surface area contributed by atoms with Crippen LogP contribution in [0.5, 0.6) is 0 Å². The molecule has 0 amide bonds. The molecule has 0 saturated carbocycles. The van der Waals surface area contributed by atoms with Crippen molar-refractivity contribution >= 4 is 10.8 Å². The maximum Gasteiger partial charge on any atom is 0.164 e. The quantitative estimate of drug-likeness (QED) is 0.155. The molecule has 10 rings (SSSR count). The molecule has 0 fully saturated rings. The normalized spacial score (nSPS) is 11.1. The molecule has 10 aromatic rings. The van der Waals surface area contributed by atoms with Crippen LogP contribution in [-0.2, 0) is 0 Å². The molecule has 8 aromatic carbocycles. The van der Waals surface area contributed by atoms with Gasteiger partial charge in [0, 0.05) is 33.4 Å². The zero-order valence-electron chi connectivity index (χ0n) is 31.4. The molecule has 2 heterocycles. The predicted octanol–water partition coefficient (Wildman–Crippen LogP) is 13.2. The van der Waals surface area contributed by atoms with Crippen LogP contribution in [0.15, 0.2) is 212 Å². The summed E-state index contributed by atoms with van der Waals surface area (Å²) in [6.45, 7) is 0. The standard InChI is InChI=1S/C53H35N5/c1-5-15-38(16-6-1)47-35-48(39-17-7-2-8-18-39)55-50(54-47)43-31-27-36(28-32-43)45-25-13-23-40-24-14-26-46(49(40)45)37-29-33-44(34-30-37)53-57-51(41-19-9-3-10-20-41)56-52(58-53)42-21-11-4-12-22-42/h1-35H. The monoisotopic (exact) mass is 741 g/mol. The molecule has 0 radical (unpaired) electrons. The minimum atomic E-state index is 0.632. The van der Waals surface area contributed by atoms with Crippen molar-refractivity contribution in [3.05, 3.63) is 212 Å². The zero-order chi connectivity index (χ0) is 38.7. The van der Waals surface area contributed by atoms with Gasteiger partial charge in [-0.15, -0.1) is 0 Å². The van der Waals surface area contributed by atoms with Crippen LogP contribution in [0, 0.1) is 0 Å². The van der Waals surface area contributed by atoms with Gasteiger partial charge in [0.05, 0.1) is 11.4 Å². The SMILES string of the molecule is c1ccc(-c2cc(-c3ccccc3)nc(-c3ccc(-c4cccc5cccc(-c6ccc(-c7nc(-c8ccccc8)nc(-c8ccccc8)n7)cc6)c45)cc3)n2)cc1. The van der Waals surface area contributed by atoms with Gasteiger partial charge in [-0.1, -0.05) is 206 Å². The molecule has 0 saturated heterocycles. The second kappa shape index (κ2) is 15.3. The fourth-order valence-electron chi connectivity index (χ4n) is 7.45. The summed E-state index contributed by atoms with van der Waals surface area (Å²) in [6, 6.07) is 73.0. The Morgan fingerprint density at radius 2 is 0.534 bits per heavy atom. The first kappa shape index (κ1) is 34.6. The van der Waals surface area contributed by atoms with Gasteiger partial charge in [0.1, 0.15) is 0 Å². The van der Waals surface area contributed by atoms with E-state index in [0.29, 0.717) is 23.3 Å². The Labute approximate surface area is 337 Å². The topological polar surface area (TPSA) is 64.5 Å². The molecule has 0 aliphatic carbocycles. The van der Waals surface area contributed by atoms with E-state index in [1.165, 1.54) is 10.8 Å². The van der Waals surface area contributed by atoms with Crippen molar-refractivity contribution in [2.24, 2.45) is 0 Å². The predicted molar refractivity (Wildman–Crippen MR) is 236 cm³/mol. The van der Waals surface area contributed by atoms with Gasteiger partial charge in [0.25, 0.3) is 0 Å². The van der Waals surface area contributed by atoms with Crippen molar-refractivity contribution in [3.63, 3.8) is 0 Å². The largest absolute Gasteiger partial charge is 0.228 e. The number of nitrogens with zero attached hydrogens (tertiary/aromatic N) is 5. The van der Waals surface area contributed by atoms with E-state index in [1.807, 2.05) is 97.1 Å². The van der Waals surface area contributed by atoms with Gasteiger partial charge in [-0.05, 0) is 39.1 Å². The van der Waals surface area contributed by atoms with Crippen LogP contribution in [0.3, 0.4) is 0 Å². The van der Waals surface area contributed by atoms with E-state index in [2.05, 4.69) is 115 Å². The first-order valence-corrected chi connectivity index (χ1v) is 19.3. The first-order chi connectivity index (χ1) is 28.7. The lowest BCUT2D eigenvalue weighted by molar-refractivity contribution is 1.07. The summed E-state index contributed by atoms with van der Waals surface area (Å²) in [6.07, 6.45) is 0. The summed E-state index contributed by atoms with van der Waals surface area (Å²) in [5.41, 5.74) is 12.2. The Hall–Kier alpha value is -7.89. The molecular formula is C53H35N5. The summed E-state index contributed by atoms with van der Waals surface area (Å²) in [5.74, 6) is 2.61. The molecule has 0 unspecified atom stereocenters. The van der Waals surface area contributed by atoms with Crippen LogP contribution in [-0.4, -0.2) is 24.9 Å². The highest BCUT2D eigenvalue weighted by molar-refractivity contribution is 6.06. The molecule has 272 valence electrons. The van der Waals surface area contributed by atoms with E-state index in [1.54, 1.807) is 0 Å². The molecule has 2 aromatic heterocycles. The number of rotatable bonds is 8. The summed E-state index contributed by atoms with van der Waals surface area (Å²) >= 11 is 0. The van der Waals surface area contributed by atoms with Crippen molar-refractivity contribution < 1.29 is 0 Å². The molecular weight excluding hydrogens is 707 g/mol. The van der Waals surface area contributed by atoms with E-state index in [0.717, 1.165) is 67.0 Å². The van der Waals surface area contributed by atoms with E-state index in [9.17, 15) is 0 Å². The smallest absolute Gasteiger partial charge is 0.164 e. The van der Waals surface area contributed by atoms with Gasteiger partial charge in [-0.2, -0.15) is 0 Å². The summed E-state index contributed by atoms with van der Waals surface area (Å²) in [5, 5.41) is 2.36. The highest BCUT2D eigenvalue weighted by Gasteiger charge is 2.16. The first-order valence-electron chi connectivity index (χ1n) is 19.3. The van der Waals surface area contributed by atoms with E-state index < -0.39 is 0 Å². The van der Waals surface area contributed by atoms with E-state index in [-0.39, 0.29) is 0 Å². The molecule has 0 aliphatic rings. The van der Waals surface area contributed by atoms with Crippen molar-refractivity contribution in [2.75, 3.05) is 0 Å². The number of benzene rings is 8. The minimum absolute atomic E-state index is 0.632. The highest BCUT2D eigenvalue weighted by atomic mass is 15.0. The van der Waals surface area contributed by atoms with E-state index in [4.69, 9.17) is 24.9 Å². The van der Waals surface area contributed by atoms with Crippen molar-refractivity contribution in [3.8, 4) is 90.3 Å². The lowest BCUT2D eigenvalue weighted by Crippen LogP contribution is -2.00. The Morgan fingerprint density at radius 3 is 0.914 bits per heavy atom. The molecule has 0 bridgehead atoms. The van der Waals surface area contributed by atoms with Crippen LogP contribution in [0.4, 0.5) is 0 Å². The lowest BCUT2D eigenvalue weighted by Gasteiger charge is -2.14. The summed E-state index contributed by atoms with van der Waals surface area (Å²) in [7, 11) is 0. The molecule has 0 aliphatic heterocycles. The number of hydrogen-bond donors (Lipinski definition) is 0. The maximum atomic E-state index is 5.05. The average Bonchev–Trinajstić information content (AvgIpc) is 3.32. The van der Waals surface area contributed by atoms with Crippen molar-refractivity contribution in [2.45, 2.75) is 0 Å². The van der Waals surface area contributed by atoms with Crippen LogP contribution in [0.1, 0.15) is 0 Å².